The van der Waals surface area contributed by atoms with Gasteiger partial charge in [0.05, 0.1) is 28.2 Å². The molecule has 4 N–H and O–H groups in total. The monoisotopic (exact) mass is 307 g/mol. The van der Waals surface area contributed by atoms with Gasteiger partial charge in [-0.3, -0.25) is 14.3 Å². The molecular formula is C13H14ClN5O2. The number of nitrogens with one attached hydrogen (secondary N) is 2. The maximum Gasteiger partial charge on any atom is 0.257 e. The molecule has 1 aromatic heterocycles. The van der Waals surface area contributed by atoms with Crippen LogP contribution in [0.2, 0.25) is 5.02 Å². The van der Waals surface area contributed by atoms with Gasteiger partial charge >= 0.3 is 0 Å². The number of aromatic nitrogens is 2. The van der Waals surface area contributed by atoms with Crippen LogP contribution in [-0.2, 0) is 11.3 Å². The topological polar surface area (TPSA) is 102 Å². The molecule has 0 saturated carbocycles. The van der Waals surface area contributed by atoms with Crippen molar-refractivity contribution >= 4 is 34.8 Å². The number of carbonyl (C=O) groups is 2. The normalized spacial score (nSPS) is 10.2. The number of likely N-dealkylation sites (N-methyl/N-ethyl adjacent to an activating group) is 1. The first-order valence-electron chi connectivity index (χ1n) is 6.09. The van der Waals surface area contributed by atoms with E-state index in [-0.39, 0.29) is 23.0 Å². The molecule has 110 valence electrons. The minimum absolute atomic E-state index is 0.0748. The molecule has 0 fully saturated rings. The van der Waals surface area contributed by atoms with Crippen LogP contribution in [0.5, 0.6) is 0 Å². The fraction of sp³-hybridized carbons (Fsp3) is 0.154. The van der Waals surface area contributed by atoms with E-state index in [1.807, 2.05) is 0 Å². The summed E-state index contributed by atoms with van der Waals surface area (Å²) in [7, 11) is 1.54. The summed E-state index contributed by atoms with van der Waals surface area (Å²) >= 11 is 5.99. The summed E-state index contributed by atoms with van der Waals surface area (Å²) < 4.78 is 1.41. The molecule has 7 nitrogen and oxygen atoms in total. The average Bonchev–Trinajstić information content (AvgIpc) is 2.88. The summed E-state index contributed by atoms with van der Waals surface area (Å²) in [4.78, 5) is 23.3. The molecule has 0 bridgehead atoms. The molecule has 0 aliphatic carbocycles. The second-order valence-electron chi connectivity index (χ2n) is 4.26. The molecule has 2 amide bonds. The number of nitrogens with zero attached hydrogens (tertiary/aromatic N) is 2. The smallest absolute Gasteiger partial charge is 0.257 e. The van der Waals surface area contributed by atoms with Crippen LogP contribution in [-0.4, -0.2) is 28.6 Å². The fourth-order valence-corrected chi connectivity index (χ4v) is 1.88. The summed E-state index contributed by atoms with van der Waals surface area (Å²) in [5.74, 6) is -0.582. The Kier molecular flexibility index (Phi) is 4.44. The van der Waals surface area contributed by atoms with E-state index in [0.717, 1.165) is 0 Å². The summed E-state index contributed by atoms with van der Waals surface area (Å²) in [6.45, 7) is 0.0748. The lowest BCUT2D eigenvalue weighted by Gasteiger charge is -2.06. The molecular weight excluding hydrogens is 294 g/mol. The Labute approximate surface area is 126 Å². The number of nitrogen functional groups attached to an aromatic ring is 1. The average molecular weight is 308 g/mol. The zero-order valence-corrected chi connectivity index (χ0v) is 12.0. The van der Waals surface area contributed by atoms with Crippen molar-refractivity contribution in [1.29, 1.82) is 0 Å². The van der Waals surface area contributed by atoms with Gasteiger partial charge in [0.1, 0.15) is 6.54 Å². The molecule has 8 heteroatoms. The third-order valence-corrected chi connectivity index (χ3v) is 3.17. The second-order valence-corrected chi connectivity index (χ2v) is 4.64. The van der Waals surface area contributed by atoms with E-state index in [4.69, 9.17) is 17.3 Å². The maximum absolute atomic E-state index is 12.1. The van der Waals surface area contributed by atoms with Crippen molar-refractivity contribution < 1.29 is 9.59 Å². The van der Waals surface area contributed by atoms with Gasteiger partial charge in [-0.1, -0.05) is 17.7 Å². The van der Waals surface area contributed by atoms with Crippen molar-refractivity contribution in [3.8, 4) is 0 Å². The first-order valence-corrected chi connectivity index (χ1v) is 6.47. The molecule has 0 aliphatic heterocycles. The van der Waals surface area contributed by atoms with E-state index in [9.17, 15) is 9.59 Å². The number of hydrogen-bond acceptors (Lipinski definition) is 4. The number of rotatable bonds is 4. The van der Waals surface area contributed by atoms with E-state index in [0.29, 0.717) is 11.4 Å². The Bertz CT molecular complexity index is 683. The zero-order chi connectivity index (χ0) is 15.4. The molecule has 2 aromatic rings. The van der Waals surface area contributed by atoms with Crippen LogP contribution in [0.1, 0.15) is 10.4 Å². The number of amides is 2. The first-order chi connectivity index (χ1) is 10.0. The standard InChI is InChI=1S/C13H14ClN5O2/c1-16-11(20)7-19-6-8(5-17-19)18-13(21)9-3-2-4-10(15)12(9)14/h2-6H,7,15H2,1H3,(H,16,20)(H,18,21). The van der Waals surface area contributed by atoms with E-state index < -0.39 is 5.91 Å². The minimum Gasteiger partial charge on any atom is -0.398 e. The molecule has 2 rings (SSSR count). The van der Waals surface area contributed by atoms with Crippen molar-refractivity contribution in [2.75, 3.05) is 18.1 Å². The van der Waals surface area contributed by atoms with Crippen LogP contribution in [0.25, 0.3) is 0 Å². The fourth-order valence-electron chi connectivity index (χ4n) is 1.66. The molecule has 1 heterocycles. The quantitative estimate of drug-likeness (QED) is 0.736. The number of halogens is 1. The van der Waals surface area contributed by atoms with Gasteiger partial charge < -0.3 is 16.4 Å². The molecule has 21 heavy (non-hydrogen) atoms. The molecule has 1 aromatic carbocycles. The van der Waals surface area contributed by atoms with Crippen molar-refractivity contribution in [3.63, 3.8) is 0 Å². The van der Waals surface area contributed by atoms with E-state index >= 15 is 0 Å². The Morgan fingerprint density at radius 3 is 2.90 bits per heavy atom. The summed E-state index contributed by atoms with van der Waals surface area (Å²) in [6.07, 6.45) is 2.99. The van der Waals surface area contributed by atoms with Gasteiger partial charge in [0, 0.05) is 13.2 Å². The summed E-state index contributed by atoms with van der Waals surface area (Å²) in [5.41, 5.74) is 6.72. The van der Waals surface area contributed by atoms with Gasteiger partial charge in [-0.2, -0.15) is 5.10 Å². The van der Waals surface area contributed by atoms with Crippen molar-refractivity contribution in [2.45, 2.75) is 6.54 Å². The third kappa shape index (κ3) is 3.51. The molecule has 0 unspecified atom stereocenters. The Balaban J connectivity index is 2.09. The SMILES string of the molecule is CNC(=O)Cn1cc(NC(=O)c2cccc(N)c2Cl)cn1. The highest BCUT2D eigenvalue weighted by Crippen LogP contribution is 2.23. The molecule has 0 radical (unpaired) electrons. The molecule has 0 saturated heterocycles. The predicted octanol–water partition coefficient (Wildman–Crippen LogP) is 1.12. The lowest BCUT2D eigenvalue weighted by molar-refractivity contribution is -0.121. The van der Waals surface area contributed by atoms with E-state index in [1.165, 1.54) is 17.9 Å². The van der Waals surface area contributed by atoms with Gasteiger partial charge in [0.15, 0.2) is 0 Å². The highest BCUT2D eigenvalue weighted by Gasteiger charge is 2.13. The summed E-state index contributed by atoms with van der Waals surface area (Å²) in [5, 5.41) is 9.30. The Hall–Kier alpha value is -2.54. The number of benzene rings is 1. The van der Waals surface area contributed by atoms with Crippen LogP contribution in [0, 0.1) is 0 Å². The summed E-state index contributed by atoms with van der Waals surface area (Å²) in [6, 6.07) is 4.83. The highest BCUT2D eigenvalue weighted by molar-refractivity contribution is 6.36. The first kappa shape index (κ1) is 14.9. The van der Waals surface area contributed by atoms with Crippen LogP contribution < -0.4 is 16.4 Å². The number of hydrogen-bond donors (Lipinski definition) is 3. The van der Waals surface area contributed by atoms with Gasteiger partial charge in [-0.05, 0) is 12.1 Å². The van der Waals surface area contributed by atoms with Crippen molar-refractivity contribution in [3.05, 3.63) is 41.2 Å². The van der Waals surface area contributed by atoms with E-state index in [2.05, 4.69) is 15.7 Å². The second kappa shape index (κ2) is 6.27. The van der Waals surface area contributed by atoms with Crippen LogP contribution in [0.4, 0.5) is 11.4 Å². The van der Waals surface area contributed by atoms with Gasteiger partial charge in [0.2, 0.25) is 5.91 Å². The van der Waals surface area contributed by atoms with Gasteiger partial charge in [-0.25, -0.2) is 0 Å². The lowest BCUT2D eigenvalue weighted by atomic mass is 10.2. The predicted molar refractivity (Wildman–Crippen MR) is 80.1 cm³/mol. The Morgan fingerprint density at radius 1 is 1.43 bits per heavy atom. The largest absolute Gasteiger partial charge is 0.398 e. The molecule has 0 aliphatic rings. The number of nitrogens with two attached hydrogens (primary N) is 1. The van der Waals surface area contributed by atoms with Crippen molar-refractivity contribution in [2.24, 2.45) is 0 Å². The van der Waals surface area contributed by atoms with Crippen LogP contribution in [0.3, 0.4) is 0 Å². The van der Waals surface area contributed by atoms with Crippen LogP contribution >= 0.6 is 11.6 Å². The zero-order valence-electron chi connectivity index (χ0n) is 11.3. The lowest BCUT2D eigenvalue weighted by Crippen LogP contribution is -2.23. The van der Waals surface area contributed by atoms with Gasteiger partial charge in [-0.15, -0.1) is 0 Å². The van der Waals surface area contributed by atoms with E-state index in [1.54, 1.807) is 24.4 Å². The number of anilines is 2. The van der Waals surface area contributed by atoms with Crippen LogP contribution in [0.15, 0.2) is 30.6 Å². The number of carbonyl (C=O) groups excluding carboxylic acids is 2. The van der Waals surface area contributed by atoms with Gasteiger partial charge in [0.25, 0.3) is 5.91 Å². The molecule has 0 spiro atoms. The Morgan fingerprint density at radius 2 is 2.19 bits per heavy atom. The minimum atomic E-state index is -0.396. The third-order valence-electron chi connectivity index (χ3n) is 2.75. The van der Waals surface area contributed by atoms with Crippen molar-refractivity contribution in [1.82, 2.24) is 15.1 Å². The molecule has 0 atom stereocenters. The maximum atomic E-state index is 12.1. The highest BCUT2D eigenvalue weighted by atomic mass is 35.5.